The number of nitrogens with zero attached hydrogens (tertiary/aromatic N) is 1. The monoisotopic (exact) mass is 512 g/mol. The minimum absolute atomic E-state index is 0.0886. The maximum absolute atomic E-state index is 12.7. The van der Waals surface area contributed by atoms with E-state index in [2.05, 4.69) is 15.6 Å². The van der Waals surface area contributed by atoms with Gasteiger partial charge in [0, 0.05) is 11.8 Å². The molecule has 0 bridgehead atoms. The maximum Gasteiger partial charge on any atom is 0.295 e. The molecule has 12 heteroatoms. The number of nitrogens with one attached hydrogen (secondary N) is 3. The van der Waals surface area contributed by atoms with E-state index >= 15 is 0 Å². The quantitative estimate of drug-likeness (QED) is 0.276. The van der Waals surface area contributed by atoms with Gasteiger partial charge in [0.05, 0.1) is 16.9 Å². The van der Waals surface area contributed by atoms with Crippen LogP contribution < -0.4 is 25.0 Å². The van der Waals surface area contributed by atoms with Gasteiger partial charge in [-0.25, -0.2) is 8.42 Å². The second-order valence-corrected chi connectivity index (χ2v) is 9.70. The Morgan fingerprint density at radius 2 is 1.72 bits per heavy atom. The number of fused-ring (bicyclic) bond motifs is 1. The molecule has 0 atom stereocenters. The first kappa shape index (κ1) is 24.8. The second kappa shape index (κ2) is 10.5. The van der Waals surface area contributed by atoms with Crippen LogP contribution in [0.15, 0.2) is 65.6 Å². The van der Waals surface area contributed by atoms with E-state index in [-0.39, 0.29) is 22.9 Å². The van der Waals surface area contributed by atoms with Crippen molar-refractivity contribution in [2.75, 3.05) is 23.9 Å². The average molecular weight is 513 g/mol. The molecule has 1 aliphatic carbocycles. The van der Waals surface area contributed by atoms with E-state index in [4.69, 9.17) is 9.47 Å². The Labute approximate surface area is 207 Å². The number of hydrogen-bond donors (Lipinski definition) is 3. The molecule has 3 N–H and O–H groups in total. The maximum atomic E-state index is 12.7. The number of methoxy groups -OCH3 is 1. The zero-order chi connectivity index (χ0) is 25.7. The molecule has 0 unspecified atom stereocenters. The van der Waals surface area contributed by atoms with E-state index in [0.29, 0.717) is 11.5 Å². The fourth-order valence-corrected chi connectivity index (χ4v) is 4.85. The minimum Gasteiger partial charge on any atom is -0.497 e. The lowest BCUT2D eigenvalue weighted by molar-refractivity contribution is -0.384. The molecule has 0 aromatic heterocycles. The molecular weight excluding hydrogens is 488 g/mol. The van der Waals surface area contributed by atoms with Crippen molar-refractivity contribution in [2.45, 2.75) is 24.2 Å². The molecule has 0 aliphatic heterocycles. The fraction of sp³-hybridized carbons (Fsp3) is 0.208. The van der Waals surface area contributed by atoms with Crippen LogP contribution in [-0.4, -0.2) is 33.0 Å². The number of benzene rings is 3. The van der Waals surface area contributed by atoms with Crippen LogP contribution >= 0.6 is 0 Å². The van der Waals surface area contributed by atoms with Gasteiger partial charge in [-0.05, 0) is 78.9 Å². The first-order chi connectivity index (χ1) is 17.2. The Morgan fingerprint density at radius 3 is 2.44 bits per heavy atom. The normalized spacial score (nSPS) is 12.4. The minimum atomic E-state index is -4.11. The smallest absolute Gasteiger partial charge is 0.295 e. The number of sulfonamides is 1. The van der Waals surface area contributed by atoms with Crippen LogP contribution in [0.4, 0.5) is 17.1 Å². The van der Waals surface area contributed by atoms with Crippen molar-refractivity contribution in [3.05, 3.63) is 81.9 Å². The summed E-state index contributed by atoms with van der Waals surface area (Å²) in [4.78, 5) is 22.7. The van der Waals surface area contributed by atoms with Crippen molar-refractivity contribution in [1.29, 1.82) is 0 Å². The van der Waals surface area contributed by atoms with Crippen LogP contribution in [-0.2, 0) is 27.7 Å². The van der Waals surface area contributed by atoms with Crippen molar-refractivity contribution in [3.8, 4) is 11.5 Å². The number of rotatable bonds is 10. The highest BCUT2D eigenvalue weighted by Crippen LogP contribution is 2.29. The molecule has 11 nitrogen and oxygen atoms in total. The number of nitro benzene ring substituents is 1. The molecule has 0 fully saturated rings. The number of carbonyl (C=O) groups is 1. The molecule has 0 saturated carbocycles. The van der Waals surface area contributed by atoms with Crippen molar-refractivity contribution < 1.29 is 27.6 Å². The standard InChI is InChI=1S/C24H24N4O7S/c1-34-19-9-6-18(7-10-19)27-36(32,33)21-11-12-22(23(14-21)28(30)31)25-26-24(29)15-35-20-8-5-16-3-2-4-17(16)13-20/h5-14,25,27H,2-4,15H2,1H3,(H,26,29). The summed E-state index contributed by atoms with van der Waals surface area (Å²) in [5.41, 5.74) is 6.92. The Balaban J connectivity index is 1.39. The largest absolute Gasteiger partial charge is 0.497 e. The van der Waals surface area contributed by atoms with Crippen LogP contribution in [0.25, 0.3) is 0 Å². The highest BCUT2D eigenvalue weighted by Gasteiger charge is 2.22. The summed E-state index contributed by atoms with van der Waals surface area (Å²) in [7, 11) is -2.63. The summed E-state index contributed by atoms with van der Waals surface area (Å²) in [5, 5.41) is 11.6. The molecule has 4 rings (SSSR count). The summed E-state index contributed by atoms with van der Waals surface area (Å²) in [6.45, 7) is -0.308. The predicted molar refractivity (Wildman–Crippen MR) is 133 cm³/mol. The Bertz CT molecular complexity index is 1390. The highest BCUT2D eigenvalue weighted by atomic mass is 32.2. The molecule has 1 aliphatic rings. The lowest BCUT2D eigenvalue weighted by Crippen LogP contribution is -2.33. The van der Waals surface area contributed by atoms with E-state index in [1.54, 1.807) is 18.2 Å². The molecule has 36 heavy (non-hydrogen) atoms. The number of anilines is 2. The number of hydrogen-bond acceptors (Lipinski definition) is 8. The molecular formula is C24H24N4O7S. The Hall–Kier alpha value is -4.32. The van der Waals surface area contributed by atoms with Crippen LogP contribution in [0.3, 0.4) is 0 Å². The van der Waals surface area contributed by atoms with Gasteiger partial charge in [0.25, 0.3) is 21.6 Å². The van der Waals surface area contributed by atoms with Gasteiger partial charge in [0.2, 0.25) is 0 Å². The van der Waals surface area contributed by atoms with Gasteiger partial charge in [-0.2, -0.15) is 0 Å². The second-order valence-electron chi connectivity index (χ2n) is 8.02. The molecule has 3 aromatic rings. The first-order valence-corrected chi connectivity index (χ1v) is 12.5. The number of amides is 1. The number of carbonyl (C=O) groups excluding carboxylic acids is 1. The number of hydrazine groups is 1. The van der Waals surface area contributed by atoms with Gasteiger partial charge in [0.15, 0.2) is 6.61 Å². The topological polar surface area (TPSA) is 149 Å². The van der Waals surface area contributed by atoms with Crippen molar-refractivity contribution in [3.63, 3.8) is 0 Å². The third kappa shape index (κ3) is 5.84. The summed E-state index contributed by atoms with van der Waals surface area (Å²) < 4.78 is 38.4. The van der Waals surface area contributed by atoms with Crippen molar-refractivity contribution in [2.24, 2.45) is 0 Å². The average Bonchev–Trinajstić information content (AvgIpc) is 3.34. The molecule has 0 radical (unpaired) electrons. The fourth-order valence-electron chi connectivity index (χ4n) is 3.77. The van der Waals surface area contributed by atoms with E-state index in [0.717, 1.165) is 25.3 Å². The van der Waals surface area contributed by atoms with Gasteiger partial charge in [-0.1, -0.05) is 6.07 Å². The van der Waals surface area contributed by atoms with E-state index < -0.39 is 26.5 Å². The third-order valence-corrected chi connectivity index (χ3v) is 6.97. The summed E-state index contributed by atoms with van der Waals surface area (Å²) >= 11 is 0. The Kier molecular flexibility index (Phi) is 7.25. The molecule has 0 saturated heterocycles. The highest BCUT2D eigenvalue weighted by molar-refractivity contribution is 7.92. The van der Waals surface area contributed by atoms with Crippen LogP contribution in [0.1, 0.15) is 17.5 Å². The van der Waals surface area contributed by atoms with Gasteiger partial charge >= 0.3 is 0 Å². The van der Waals surface area contributed by atoms with E-state index in [1.807, 2.05) is 12.1 Å². The lowest BCUT2D eigenvalue weighted by atomic mass is 10.1. The molecule has 1 amide bonds. The van der Waals surface area contributed by atoms with Crippen LogP contribution in [0, 0.1) is 10.1 Å². The van der Waals surface area contributed by atoms with E-state index in [9.17, 15) is 23.3 Å². The van der Waals surface area contributed by atoms with Crippen molar-refractivity contribution in [1.82, 2.24) is 5.43 Å². The van der Waals surface area contributed by atoms with Gasteiger partial charge in [0.1, 0.15) is 17.2 Å². The zero-order valence-corrected chi connectivity index (χ0v) is 20.1. The van der Waals surface area contributed by atoms with Crippen LogP contribution in [0.2, 0.25) is 0 Å². The number of ether oxygens (including phenoxy) is 2. The summed E-state index contributed by atoms with van der Waals surface area (Å²) in [5.74, 6) is 0.544. The van der Waals surface area contributed by atoms with Gasteiger partial charge < -0.3 is 9.47 Å². The van der Waals surface area contributed by atoms with Crippen LogP contribution in [0.5, 0.6) is 11.5 Å². The molecule has 3 aromatic carbocycles. The summed E-state index contributed by atoms with van der Waals surface area (Å²) in [6.07, 6.45) is 3.11. The predicted octanol–water partition coefficient (Wildman–Crippen LogP) is 3.42. The number of nitro groups is 1. The SMILES string of the molecule is COc1ccc(NS(=O)(=O)c2ccc(NNC(=O)COc3ccc4c(c3)CCC4)c([N+](=O)[O-])c2)cc1. The summed E-state index contributed by atoms with van der Waals surface area (Å²) in [6, 6.07) is 15.1. The van der Waals surface area contributed by atoms with Gasteiger partial charge in [-0.15, -0.1) is 0 Å². The Morgan fingerprint density at radius 1 is 1.00 bits per heavy atom. The molecule has 0 heterocycles. The third-order valence-electron chi connectivity index (χ3n) is 5.59. The molecule has 0 spiro atoms. The number of aryl methyl sites for hydroxylation is 2. The van der Waals surface area contributed by atoms with Gasteiger partial charge in [-0.3, -0.25) is 30.5 Å². The molecule has 188 valence electrons. The first-order valence-electron chi connectivity index (χ1n) is 11.0. The van der Waals surface area contributed by atoms with Crippen molar-refractivity contribution >= 4 is 33.0 Å². The lowest BCUT2D eigenvalue weighted by Gasteiger charge is -2.12. The van der Waals surface area contributed by atoms with E-state index in [1.165, 1.54) is 42.5 Å². The zero-order valence-electron chi connectivity index (χ0n) is 19.3.